The summed E-state index contributed by atoms with van der Waals surface area (Å²) in [6, 6.07) is 0. The number of esters is 1. The van der Waals surface area contributed by atoms with Gasteiger partial charge < -0.3 is 9.47 Å². The Bertz CT molecular complexity index is 178. The summed E-state index contributed by atoms with van der Waals surface area (Å²) < 4.78 is 10.5. The van der Waals surface area contributed by atoms with Crippen molar-refractivity contribution in [3.8, 4) is 0 Å². The molecule has 0 aromatic carbocycles. The lowest BCUT2D eigenvalue weighted by molar-refractivity contribution is -0.142. The van der Waals surface area contributed by atoms with Crippen LogP contribution in [0.15, 0.2) is 0 Å². The fourth-order valence-electron chi connectivity index (χ4n) is 1.92. The van der Waals surface area contributed by atoms with Gasteiger partial charge in [-0.1, -0.05) is 6.92 Å². The molecule has 0 aromatic rings. The Balaban J connectivity index is 2.07. The molecule has 3 heteroatoms. The SMILES string of the molecule is CC[C@H]1OC[C@@H]2OC(=O)C[C@@H]21. The average Bonchev–Trinajstić information content (AvgIpc) is 2.45. The number of ether oxygens (including phenoxy) is 2. The Morgan fingerprint density at radius 1 is 1.64 bits per heavy atom. The van der Waals surface area contributed by atoms with Gasteiger partial charge in [-0.25, -0.2) is 0 Å². The predicted octanol–water partition coefficient (Wildman–Crippen LogP) is 0.727. The Morgan fingerprint density at radius 2 is 2.45 bits per heavy atom. The molecule has 2 heterocycles. The van der Waals surface area contributed by atoms with E-state index >= 15 is 0 Å². The zero-order valence-electron chi connectivity index (χ0n) is 6.58. The highest BCUT2D eigenvalue weighted by atomic mass is 16.6. The highest BCUT2D eigenvalue weighted by Gasteiger charge is 2.44. The van der Waals surface area contributed by atoms with Crippen LogP contribution in [0, 0.1) is 5.92 Å². The van der Waals surface area contributed by atoms with E-state index in [1.807, 2.05) is 0 Å². The van der Waals surface area contributed by atoms with Crippen LogP contribution in [-0.2, 0) is 14.3 Å². The average molecular weight is 156 g/mol. The minimum absolute atomic E-state index is 0.0539. The third-order valence-electron chi connectivity index (χ3n) is 2.52. The number of fused-ring (bicyclic) bond motifs is 1. The lowest BCUT2D eigenvalue weighted by Gasteiger charge is -2.10. The van der Waals surface area contributed by atoms with Crippen LogP contribution in [-0.4, -0.2) is 24.8 Å². The molecular formula is C8H12O3. The van der Waals surface area contributed by atoms with Gasteiger partial charge in [0, 0.05) is 5.92 Å². The van der Waals surface area contributed by atoms with Crippen molar-refractivity contribution >= 4 is 5.97 Å². The van der Waals surface area contributed by atoms with Gasteiger partial charge in [0.2, 0.25) is 0 Å². The van der Waals surface area contributed by atoms with E-state index in [1.54, 1.807) is 0 Å². The zero-order chi connectivity index (χ0) is 7.84. The van der Waals surface area contributed by atoms with E-state index in [0.29, 0.717) is 18.9 Å². The van der Waals surface area contributed by atoms with Crippen LogP contribution in [0.25, 0.3) is 0 Å². The fraction of sp³-hybridized carbons (Fsp3) is 0.875. The molecule has 0 radical (unpaired) electrons. The van der Waals surface area contributed by atoms with E-state index < -0.39 is 0 Å². The van der Waals surface area contributed by atoms with Gasteiger partial charge in [-0.15, -0.1) is 0 Å². The highest BCUT2D eigenvalue weighted by Crippen LogP contribution is 2.34. The number of hydrogen-bond acceptors (Lipinski definition) is 3. The van der Waals surface area contributed by atoms with Crippen molar-refractivity contribution in [1.29, 1.82) is 0 Å². The Kier molecular flexibility index (Phi) is 1.60. The van der Waals surface area contributed by atoms with Crippen LogP contribution in [0.5, 0.6) is 0 Å². The number of rotatable bonds is 1. The van der Waals surface area contributed by atoms with E-state index in [9.17, 15) is 4.79 Å². The van der Waals surface area contributed by atoms with E-state index in [2.05, 4.69) is 6.92 Å². The zero-order valence-corrected chi connectivity index (χ0v) is 6.58. The van der Waals surface area contributed by atoms with Gasteiger partial charge in [-0.05, 0) is 6.42 Å². The van der Waals surface area contributed by atoms with E-state index in [0.717, 1.165) is 6.42 Å². The van der Waals surface area contributed by atoms with Crippen LogP contribution in [0.4, 0.5) is 0 Å². The molecule has 3 nitrogen and oxygen atoms in total. The summed E-state index contributed by atoms with van der Waals surface area (Å²) in [5, 5.41) is 0. The van der Waals surface area contributed by atoms with Gasteiger partial charge >= 0.3 is 5.97 Å². The third kappa shape index (κ3) is 1.03. The van der Waals surface area contributed by atoms with Gasteiger partial charge in [0.15, 0.2) is 0 Å². The second kappa shape index (κ2) is 2.48. The maximum Gasteiger partial charge on any atom is 0.306 e. The monoisotopic (exact) mass is 156 g/mol. The normalized spacial score (nSPS) is 42.3. The Morgan fingerprint density at radius 3 is 3.18 bits per heavy atom. The van der Waals surface area contributed by atoms with Crippen LogP contribution in [0.2, 0.25) is 0 Å². The van der Waals surface area contributed by atoms with Crippen LogP contribution >= 0.6 is 0 Å². The molecule has 2 aliphatic heterocycles. The largest absolute Gasteiger partial charge is 0.459 e. The topological polar surface area (TPSA) is 35.5 Å². The molecule has 0 amide bonds. The van der Waals surface area contributed by atoms with E-state index in [1.165, 1.54) is 0 Å². The second-order valence-electron chi connectivity index (χ2n) is 3.18. The molecule has 0 bridgehead atoms. The molecule has 0 N–H and O–H groups in total. The molecule has 0 aromatic heterocycles. The van der Waals surface area contributed by atoms with E-state index in [4.69, 9.17) is 9.47 Å². The quantitative estimate of drug-likeness (QED) is 0.525. The molecule has 3 atom stereocenters. The van der Waals surface area contributed by atoms with Gasteiger partial charge in [0.25, 0.3) is 0 Å². The van der Waals surface area contributed by atoms with Crippen molar-refractivity contribution in [2.24, 2.45) is 5.92 Å². The molecule has 62 valence electrons. The van der Waals surface area contributed by atoms with Gasteiger partial charge in [0.1, 0.15) is 6.10 Å². The fourth-order valence-corrected chi connectivity index (χ4v) is 1.92. The van der Waals surface area contributed by atoms with Crippen molar-refractivity contribution in [2.75, 3.05) is 6.61 Å². The first-order chi connectivity index (χ1) is 5.31. The summed E-state index contributed by atoms with van der Waals surface area (Å²) in [5.74, 6) is 0.286. The van der Waals surface area contributed by atoms with Crippen molar-refractivity contribution in [2.45, 2.75) is 32.0 Å². The summed E-state index contributed by atoms with van der Waals surface area (Å²) in [6.45, 7) is 2.69. The van der Waals surface area contributed by atoms with Crippen LogP contribution in [0.1, 0.15) is 19.8 Å². The van der Waals surface area contributed by atoms with Gasteiger partial charge in [0.05, 0.1) is 19.1 Å². The first kappa shape index (κ1) is 7.10. The first-order valence-electron chi connectivity index (χ1n) is 4.12. The van der Waals surface area contributed by atoms with Crippen molar-refractivity contribution < 1.29 is 14.3 Å². The molecule has 2 fully saturated rings. The smallest absolute Gasteiger partial charge is 0.306 e. The van der Waals surface area contributed by atoms with E-state index in [-0.39, 0.29) is 18.2 Å². The second-order valence-corrected chi connectivity index (χ2v) is 3.18. The predicted molar refractivity (Wildman–Crippen MR) is 38.0 cm³/mol. The molecular weight excluding hydrogens is 144 g/mol. The third-order valence-corrected chi connectivity index (χ3v) is 2.52. The first-order valence-corrected chi connectivity index (χ1v) is 4.12. The minimum Gasteiger partial charge on any atom is -0.459 e. The lowest BCUT2D eigenvalue weighted by Crippen LogP contribution is -2.18. The molecule has 2 rings (SSSR count). The number of hydrogen-bond donors (Lipinski definition) is 0. The maximum atomic E-state index is 10.8. The van der Waals surface area contributed by atoms with Gasteiger partial charge in [-0.2, -0.15) is 0 Å². The molecule has 0 aliphatic carbocycles. The summed E-state index contributed by atoms with van der Waals surface area (Å²) >= 11 is 0. The summed E-state index contributed by atoms with van der Waals surface area (Å²) in [6.07, 6.45) is 1.86. The van der Waals surface area contributed by atoms with Gasteiger partial charge in [-0.3, -0.25) is 4.79 Å². The number of carbonyl (C=O) groups is 1. The van der Waals surface area contributed by atoms with Crippen molar-refractivity contribution in [1.82, 2.24) is 0 Å². The molecule has 0 saturated carbocycles. The summed E-state index contributed by atoms with van der Waals surface area (Å²) in [7, 11) is 0. The molecule has 2 aliphatic rings. The summed E-state index contributed by atoms with van der Waals surface area (Å²) in [4.78, 5) is 10.8. The van der Waals surface area contributed by atoms with Crippen LogP contribution < -0.4 is 0 Å². The molecule has 11 heavy (non-hydrogen) atoms. The van der Waals surface area contributed by atoms with Crippen molar-refractivity contribution in [3.05, 3.63) is 0 Å². The van der Waals surface area contributed by atoms with Crippen molar-refractivity contribution in [3.63, 3.8) is 0 Å². The Hall–Kier alpha value is -0.570. The highest BCUT2D eigenvalue weighted by molar-refractivity contribution is 5.72. The number of carbonyl (C=O) groups excluding carboxylic acids is 1. The Labute approximate surface area is 65.7 Å². The maximum absolute atomic E-state index is 10.8. The minimum atomic E-state index is -0.0539. The summed E-state index contributed by atoms with van der Waals surface area (Å²) in [5.41, 5.74) is 0. The molecule has 2 saturated heterocycles. The standard InChI is InChI=1S/C8H12O3/c1-2-6-5-3-8(9)11-7(5)4-10-6/h5-7H,2-4H2,1H3/t5-,6-,7+/m1/s1. The lowest BCUT2D eigenvalue weighted by atomic mass is 9.96. The molecule has 0 spiro atoms. The van der Waals surface area contributed by atoms with Crippen LogP contribution in [0.3, 0.4) is 0 Å². The molecule has 0 unspecified atom stereocenters.